The third kappa shape index (κ3) is 6.26. The normalized spacial score (nSPS) is 10.3. The predicted molar refractivity (Wildman–Crippen MR) is 105 cm³/mol. The van der Waals surface area contributed by atoms with Crippen LogP contribution < -0.4 is 20.1 Å². The smallest absolute Gasteiger partial charge is 0.221 e. The van der Waals surface area contributed by atoms with E-state index in [-0.39, 0.29) is 5.91 Å². The Balaban J connectivity index is 1.95. The van der Waals surface area contributed by atoms with Gasteiger partial charge in [0.25, 0.3) is 0 Å². The first-order chi connectivity index (χ1) is 12.5. The van der Waals surface area contributed by atoms with E-state index in [1.165, 1.54) is 6.92 Å². The first-order valence-corrected chi connectivity index (χ1v) is 8.49. The number of hydrogen-bond acceptors (Lipinski definition) is 4. The number of anilines is 1. The van der Waals surface area contributed by atoms with E-state index < -0.39 is 0 Å². The van der Waals surface area contributed by atoms with Crippen LogP contribution in [0.4, 0.5) is 5.69 Å². The van der Waals surface area contributed by atoms with Gasteiger partial charge in [-0.25, -0.2) is 0 Å². The molecule has 5 heteroatoms. The van der Waals surface area contributed by atoms with Crippen molar-refractivity contribution < 1.29 is 14.3 Å². The Kier molecular flexibility index (Phi) is 7.24. The molecule has 26 heavy (non-hydrogen) atoms. The molecule has 0 saturated heterocycles. The molecule has 138 valence electrons. The monoisotopic (exact) mass is 354 g/mol. The summed E-state index contributed by atoms with van der Waals surface area (Å²) in [6.07, 6.45) is 0. The van der Waals surface area contributed by atoms with E-state index in [0.29, 0.717) is 31.2 Å². The highest BCUT2D eigenvalue weighted by atomic mass is 16.5. The molecular weight excluding hydrogens is 328 g/mol. The van der Waals surface area contributed by atoms with Crippen LogP contribution in [0.1, 0.15) is 25.0 Å². The lowest BCUT2D eigenvalue weighted by Gasteiger charge is -2.13. The Labute approximate surface area is 155 Å². The van der Waals surface area contributed by atoms with Crippen LogP contribution in [0.3, 0.4) is 0 Å². The van der Waals surface area contributed by atoms with Gasteiger partial charge in [-0.1, -0.05) is 24.8 Å². The molecule has 0 radical (unpaired) electrons. The lowest BCUT2D eigenvalue weighted by atomic mass is 10.1. The van der Waals surface area contributed by atoms with Crippen molar-refractivity contribution >= 4 is 11.6 Å². The Morgan fingerprint density at radius 2 is 1.77 bits per heavy atom. The minimum Gasteiger partial charge on any atom is -0.493 e. The quantitative estimate of drug-likeness (QED) is 0.671. The Morgan fingerprint density at radius 1 is 1.04 bits per heavy atom. The molecule has 2 N–H and O–H groups in total. The second-order valence-electron chi connectivity index (χ2n) is 6.22. The molecule has 2 rings (SSSR count). The van der Waals surface area contributed by atoms with Crippen LogP contribution in [0, 0.1) is 0 Å². The molecule has 0 atom stereocenters. The minimum atomic E-state index is -0.0735. The number of rotatable bonds is 9. The Morgan fingerprint density at radius 3 is 2.42 bits per heavy atom. The fraction of sp³-hybridized carbons (Fsp3) is 0.286. The second kappa shape index (κ2) is 9.63. The first kappa shape index (κ1) is 19.5. The zero-order valence-electron chi connectivity index (χ0n) is 15.6. The summed E-state index contributed by atoms with van der Waals surface area (Å²) in [5.41, 5.74) is 3.95. The molecule has 0 bridgehead atoms. The topological polar surface area (TPSA) is 59.6 Å². The van der Waals surface area contributed by atoms with Gasteiger partial charge >= 0.3 is 0 Å². The lowest BCUT2D eigenvalue weighted by molar-refractivity contribution is -0.114. The maximum atomic E-state index is 11.1. The fourth-order valence-corrected chi connectivity index (χ4v) is 2.46. The fourth-order valence-electron chi connectivity index (χ4n) is 2.46. The van der Waals surface area contributed by atoms with Crippen molar-refractivity contribution in [3.63, 3.8) is 0 Å². The number of benzene rings is 2. The highest BCUT2D eigenvalue weighted by molar-refractivity contribution is 5.88. The summed E-state index contributed by atoms with van der Waals surface area (Å²) >= 11 is 0. The molecule has 1 amide bonds. The zero-order valence-corrected chi connectivity index (χ0v) is 15.6. The molecule has 2 aromatic carbocycles. The number of nitrogens with one attached hydrogen (secondary N) is 2. The van der Waals surface area contributed by atoms with Crippen LogP contribution in [-0.2, 0) is 17.9 Å². The first-order valence-electron chi connectivity index (χ1n) is 8.49. The van der Waals surface area contributed by atoms with Gasteiger partial charge < -0.3 is 20.1 Å². The van der Waals surface area contributed by atoms with Crippen molar-refractivity contribution in [2.24, 2.45) is 0 Å². The van der Waals surface area contributed by atoms with Gasteiger partial charge in [0.05, 0.1) is 7.11 Å². The van der Waals surface area contributed by atoms with E-state index >= 15 is 0 Å². The Bertz CT molecular complexity index is 772. The van der Waals surface area contributed by atoms with Crippen LogP contribution in [-0.4, -0.2) is 19.6 Å². The van der Waals surface area contributed by atoms with Gasteiger partial charge in [-0.15, -0.1) is 0 Å². The molecule has 0 aliphatic carbocycles. The van der Waals surface area contributed by atoms with Crippen LogP contribution in [0.25, 0.3) is 0 Å². The molecule has 0 fully saturated rings. The summed E-state index contributed by atoms with van der Waals surface area (Å²) in [7, 11) is 1.63. The molecule has 0 unspecified atom stereocenters. The SMILES string of the molecule is C=C(C)COc1cc(CNCc2cccc(NC(C)=O)c2)ccc1OC. The van der Waals surface area contributed by atoms with Crippen LogP contribution in [0.15, 0.2) is 54.6 Å². The van der Waals surface area contributed by atoms with Crippen LogP contribution in [0.5, 0.6) is 11.5 Å². The van der Waals surface area contributed by atoms with E-state index in [1.54, 1.807) is 7.11 Å². The summed E-state index contributed by atoms with van der Waals surface area (Å²) in [6.45, 7) is 9.13. The van der Waals surface area contributed by atoms with Crippen molar-refractivity contribution in [1.82, 2.24) is 5.32 Å². The molecule has 5 nitrogen and oxygen atoms in total. The maximum absolute atomic E-state index is 11.1. The van der Waals surface area contributed by atoms with Crippen LogP contribution >= 0.6 is 0 Å². The summed E-state index contributed by atoms with van der Waals surface area (Å²) in [6, 6.07) is 13.7. The van der Waals surface area contributed by atoms with Crippen molar-refractivity contribution in [1.29, 1.82) is 0 Å². The van der Waals surface area contributed by atoms with Gasteiger partial charge in [0.1, 0.15) is 6.61 Å². The van der Waals surface area contributed by atoms with Crippen LogP contribution in [0.2, 0.25) is 0 Å². The number of carbonyl (C=O) groups is 1. The number of methoxy groups -OCH3 is 1. The molecule has 0 spiro atoms. The summed E-state index contributed by atoms with van der Waals surface area (Å²) in [5.74, 6) is 1.34. The number of amides is 1. The molecule has 2 aromatic rings. The van der Waals surface area contributed by atoms with Crippen molar-refractivity contribution in [3.05, 3.63) is 65.7 Å². The van der Waals surface area contributed by atoms with Crippen molar-refractivity contribution in [2.75, 3.05) is 19.0 Å². The highest BCUT2D eigenvalue weighted by Gasteiger charge is 2.06. The average Bonchev–Trinajstić information content (AvgIpc) is 2.60. The average molecular weight is 354 g/mol. The van der Waals surface area contributed by atoms with Gasteiger partial charge in [0.15, 0.2) is 11.5 Å². The highest BCUT2D eigenvalue weighted by Crippen LogP contribution is 2.28. The number of ether oxygens (including phenoxy) is 2. The van der Waals surface area contributed by atoms with Gasteiger partial charge in [-0.2, -0.15) is 0 Å². The molecule has 0 saturated carbocycles. The third-order valence-electron chi connectivity index (χ3n) is 3.61. The molecule has 0 aliphatic rings. The maximum Gasteiger partial charge on any atom is 0.221 e. The van der Waals surface area contributed by atoms with Crippen molar-refractivity contribution in [3.8, 4) is 11.5 Å². The Hall–Kier alpha value is -2.79. The molecule has 0 heterocycles. The zero-order chi connectivity index (χ0) is 18.9. The van der Waals surface area contributed by atoms with E-state index in [0.717, 1.165) is 22.4 Å². The van der Waals surface area contributed by atoms with E-state index in [1.807, 2.05) is 49.4 Å². The number of carbonyl (C=O) groups excluding carboxylic acids is 1. The molecular formula is C21H26N2O3. The summed E-state index contributed by atoms with van der Waals surface area (Å²) < 4.78 is 11.1. The standard InChI is InChI=1S/C21H26N2O3/c1-15(2)14-26-21-11-18(8-9-20(21)25-4)13-22-12-17-6-5-7-19(10-17)23-16(3)24/h5-11,22H,1,12-14H2,2-4H3,(H,23,24). The van der Waals surface area contributed by atoms with Gasteiger partial charge in [0, 0.05) is 25.7 Å². The van der Waals surface area contributed by atoms with Crippen molar-refractivity contribution in [2.45, 2.75) is 26.9 Å². The van der Waals surface area contributed by atoms with Gasteiger partial charge in [-0.05, 0) is 47.9 Å². The third-order valence-corrected chi connectivity index (χ3v) is 3.61. The van der Waals surface area contributed by atoms with E-state index in [4.69, 9.17) is 9.47 Å². The number of hydrogen-bond donors (Lipinski definition) is 2. The van der Waals surface area contributed by atoms with Gasteiger partial charge in [-0.3, -0.25) is 4.79 Å². The summed E-state index contributed by atoms with van der Waals surface area (Å²) in [4.78, 5) is 11.1. The van der Waals surface area contributed by atoms with E-state index in [2.05, 4.69) is 17.2 Å². The summed E-state index contributed by atoms with van der Waals surface area (Å²) in [5, 5.41) is 6.19. The second-order valence-corrected chi connectivity index (χ2v) is 6.22. The van der Waals surface area contributed by atoms with E-state index in [9.17, 15) is 4.79 Å². The minimum absolute atomic E-state index is 0.0735. The molecule has 0 aromatic heterocycles. The largest absolute Gasteiger partial charge is 0.493 e. The van der Waals surface area contributed by atoms with Gasteiger partial charge in [0.2, 0.25) is 5.91 Å². The predicted octanol–water partition coefficient (Wildman–Crippen LogP) is 3.90. The lowest BCUT2D eigenvalue weighted by Crippen LogP contribution is -2.13. The molecule has 0 aliphatic heterocycles.